The van der Waals surface area contributed by atoms with E-state index in [4.69, 9.17) is 9.84 Å². The monoisotopic (exact) mass is 297 g/mol. The number of anilines is 1. The fourth-order valence-corrected chi connectivity index (χ4v) is 1.74. The molecule has 0 radical (unpaired) electrons. The first-order chi connectivity index (χ1) is 10.5. The maximum atomic E-state index is 11.4. The van der Waals surface area contributed by atoms with Crippen molar-refractivity contribution in [3.8, 4) is 11.5 Å². The number of benzene rings is 2. The van der Waals surface area contributed by atoms with E-state index in [1.165, 1.54) is 0 Å². The molecule has 5 heteroatoms. The average Bonchev–Trinajstić information content (AvgIpc) is 2.49. The maximum absolute atomic E-state index is 11.4. The Morgan fingerprint density at radius 3 is 2.36 bits per heavy atom. The summed E-state index contributed by atoms with van der Waals surface area (Å²) in [5, 5.41) is 11.0. The van der Waals surface area contributed by atoms with Crippen LogP contribution in [0, 0.1) is 6.92 Å². The number of hydrogen-bond donors (Lipinski definition) is 2. The molecule has 0 saturated carbocycles. The van der Waals surface area contributed by atoms with E-state index in [0.717, 1.165) is 23.5 Å². The van der Waals surface area contributed by atoms with Crippen LogP contribution in [0.5, 0.6) is 11.5 Å². The van der Waals surface area contributed by atoms with E-state index in [9.17, 15) is 9.59 Å². The smallest absolute Gasteiger partial charge is 0.328 e. The molecule has 0 fully saturated rings. The van der Waals surface area contributed by atoms with Crippen molar-refractivity contribution in [2.24, 2.45) is 0 Å². The van der Waals surface area contributed by atoms with Crippen LogP contribution in [-0.2, 0) is 9.59 Å². The summed E-state index contributed by atoms with van der Waals surface area (Å²) >= 11 is 0. The molecule has 2 rings (SSSR count). The lowest BCUT2D eigenvalue weighted by Crippen LogP contribution is -2.08. The van der Waals surface area contributed by atoms with Gasteiger partial charge in [-0.15, -0.1) is 0 Å². The minimum Gasteiger partial charge on any atom is -0.478 e. The Kier molecular flexibility index (Phi) is 4.93. The van der Waals surface area contributed by atoms with Crippen LogP contribution in [0.2, 0.25) is 0 Å². The Labute approximate surface area is 127 Å². The largest absolute Gasteiger partial charge is 0.478 e. The molecule has 0 saturated heterocycles. The van der Waals surface area contributed by atoms with Crippen LogP contribution < -0.4 is 10.1 Å². The number of hydrogen-bond acceptors (Lipinski definition) is 3. The molecule has 0 aromatic heterocycles. The number of carbonyl (C=O) groups excluding carboxylic acids is 1. The first kappa shape index (κ1) is 15.3. The number of carboxylic acids is 1. The topological polar surface area (TPSA) is 75.6 Å². The summed E-state index contributed by atoms with van der Waals surface area (Å²) in [4.78, 5) is 21.8. The van der Waals surface area contributed by atoms with E-state index in [1.807, 2.05) is 31.2 Å². The minimum atomic E-state index is -1.17. The van der Waals surface area contributed by atoms with Crippen molar-refractivity contribution in [1.29, 1.82) is 0 Å². The van der Waals surface area contributed by atoms with Gasteiger partial charge in [-0.25, -0.2) is 4.79 Å². The van der Waals surface area contributed by atoms with E-state index >= 15 is 0 Å². The van der Waals surface area contributed by atoms with Gasteiger partial charge < -0.3 is 15.2 Å². The van der Waals surface area contributed by atoms with E-state index in [0.29, 0.717) is 11.4 Å². The van der Waals surface area contributed by atoms with Crippen LogP contribution >= 0.6 is 0 Å². The zero-order valence-electron chi connectivity index (χ0n) is 11.9. The first-order valence-corrected chi connectivity index (χ1v) is 6.60. The minimum absolute atomic E-state index is 0.505. The number of rotatable bonds is 5. The van der Waals surface area contributed by atoms with Crippen molar-refractivity contribution in [3.05, 3.63) is 66.2 Å². The molecule has 0 aliphatic heterocycles. The molecule has 2 aromatic rings. The number of ether oxygens (including phenoxy) is 1. The fraction of sp³-hybridized carbons (Fsp3) is 0.0588. The third-order valence-electron chi connectivity index (χ3n) is 2.82. The number of nitrogens with one attached hydrogen (secondary N) is 1. The molecule has 5 nitrogen and oxygen atoms in total. The predicted molar refractivity (Wildman–Crippen MR) is 83.1 cm³/mol. The number of carboxylic acid groups (broad SMARTS) is 1. The van der Waals surface area contributed by atoms with Crippen LogP contribution in [-0.4, -0.2) is 17.0 Å². The van der Waals surface area contributed by atoms with Crippen molar-refractivity contribution in [1.82, 2.24) is 0 Å². The highest BCUT2D eigenvalue weighted by atomic mass is 16.5. The van der Waals surface area contributed by atoms with Gasteiger partial charge in [0.15, 0.2) is 0 Å². The summed E-state index contributed by atoms with van der Waals surface area (Å²) in [5.74, 6) is -0.260. The Hall–Kier alpha value is -3.08. The van der Waals surface area contributed by atoms with Crippen LogP contribution in [0.4, 0.5) is 5.69 Å². The molecule has 0 unspecified atom stereocenters. The molecule has 0 atom stereocenters. The number of aryl methyl sites for hydroxylation is 1. The van der Waals surface area contributed by atoms with Gasteiger partial charge in [-0.05, 0) is 42.8 Å². The van der Waals surface area contributed by atoms with Gasteiger partial charge in [0.25, 0.3) is 0 Å². The average molecular weight is 297 g/mol. The van der Waals surface area contributed by atoms with Crippen molar-refractivity contribution >= 4 is 17.6 Å². The summed E-state index contributed by atoms with van der Waals surface area (Å²) in [6.45, 7) is 1.96. The van der Waals surface area contributed by atoms with E-state index < -0.39 is 11.9 Å². The summed E-state index contributed by atoms with van der Waals surface area (Å²) in [6.07, 6.45) is 1.74. The molecule has 0 spiro atoms. The molecule has 2 aromatic carbocycles. The summed E-state index contributed by atoms with van der Waals surface area (Å²) in [5.41, 5.74) is 1.58. The number of aliphatic carboxylic acids is 1. The molecule has 112 valence electrons. The Balaban J connectivity index is 2.00. The summed E-state index contributed by atoms with van der Waals surface area (Å²) in [7, 11) is 0. The molecular weight excluding hydrogens is 282 g/mol. The van der Waals surface area contributed by atoms with Crippen molar-refractivity contribution in [2.75, 3.05) is 5.32 Å². The zero-order chi connectivity index (χ0) is 15.9. The molecular formula is C17H15NO4. The molecule has 0 aliphatic rings. The summed E-state index contributed by atoms with van der Waals surface area (Å²) in [6, 6.07) is 14.5. The number of para-hydroxylation sites is 1. The summed E-state index contributed by atoms with van der Waals surface area (Å²) < 4.78 is 5.74. The van der Waals surface area contributed by atoms with Gasteiger partial charge in [0.1, 0.15) is 11.5 Å². The van der Waals surface area contributed by atoms with Gasteiger partial charge >= 0.3 is 5.97 Å². The lowest BCUT2D eigenvalue weighted by molar-refractivity contribution is -0.131. The van der Waals surface area contributed by atoms with E-state index in [2.05, 4.69) is 5.32 Å². The number of carbonyl (C=O) groups is 2. The Morgan fingerprint density at radius 1 is 1.05 bits per heavy atom. The first-order valence-electron chi connectivity index (χ1n) is 6.60. The van der Waals surface area contributed by atoms with Crippen molar-refractivity contribution < 1.29 is 19.4 Å². The van der Waals surface area contributed by atoms with Gasteiger partial charge in [-0.2, -0.15) is 0 Å². The van der Waals surface area contributed by atoms with Crippen molar-refractivity contribution in [3.63, 3.8) is 0 Å². The highest BCUT2D eigenvalue weighted by Crippen LogP contribution is 2.25. The molecule has 1 amide bonds. The normalized spacial score (nSPS) is 10.4. The highest BCUT2D eigenvalue weighted by Gasteiger charge is 2.02. The number of amides is 1. The van der Waals surface area contributed by atoms with E-state index in [-0.39, 0.29) is 0 Å². The second-order valence-corrected chi connectivity index (χ2v) is 4.55. The third kappa shape index (κ3) is 4.49. The molecule has 0 heterocycles. The van der Waals surface area contributed by atoms with Gasteiger partial charge in [-0.1, -0.05) is 18.2 Å². The van der Waals surface area contributed by atoms with Crippen LogP contribution in [0.15, 0.2) is 60.7 Å². The lowest BCUT2D eigenvalue weighted by atomic mass is 10.2. The van der Waals surface area contributed by atoms with E-state index in [1.54, 1.807) is 24.3 Å². The lowest BCUT2D eigenvalue weighted by Gasteiger charge is -2.09. The quantitative estimate of drug-likeness (QED) is 0.830. The van der Waals surface area contributed by atoms with Crippen LogP contribution in [0.25, 0.3) is 0 Å². The maximum Gasteiger partial charge on any atom is 0.328 e. The van der Waals surface area contributed by atoms with Gasteiger partial charge in [-0.3, -0.25) is 4.79 Å². The highest BCUT2D eigenvalue weighted by molar-refractivity contribution is 6.02. The third-order valence-corrected chi connectivity index (χ3v) is 2.82. The second-order valence-electron chi connectivity index (χ2n) is 4.55. The van der Waals surface area contributed by atoms with Crippen LogP contribution in [0.3, 0.4) is 0 Å². The molecule has 0 aliphatic carbocycles. The van der Waals surface area contributed by atoms with Crippen LogP contribution in [0.1, 0.15) is 5.56 Å². The van der Waals surface area contributed by atoms with Gasteiger partial charge in [0.05, 0.1) is 0 Å². The Bertz CT molecular complexity index is 705. The SMILES string of the molecule is Cc1ccccc1Oc1ccc(NC(=O)/C=C/C(=O)O)cc1. The molecule has 2 N–H and O–H groups in total. The van der Waals surface area contributed by atoms with Crippen molar-refractivity contribution in [2.45, 2.75) is 6.92 Å². The van der Waals surface area contributed by atoms with Gasteiger partial charge in [0, 0.05) is 17.8 Å². The zero-order valence-corrected chi connectivity index (χ0v) is 11.9. The molecule has 0 bridgehead atoms. The molecule has 22 heavy (non-hydrogen) atoms. The predicted octanol–water partition coefficient (Wildman–Crippen LogP) is 3.37. The van der Waals surface area contributed by atoms with Gasteiger partial charge in [0.2, 0.25) is 5.91 Å². The Morgan fingerprint density at radius 2 is 1.73 bits per heavy atom. The second kappa shape index (κ2) is 7.08. The fourth-order valence-electron chi connectivity index (χ4n) is 1.74. The standard InChI is InChI=1S/C17H15NO4/c1-12-4-2-3-5-15(12)22-14-8-6-13(7-9-14)18-16(19)10-11-17(20)21/h2-11H,1H3,(H,18,19)(H,20,21)/b11-10+.